The van der Waals surface area contributed by atoms with Gasteiger partial charge in [-0.3, -0.25) is 10.1 Å². The Morgan fingerprint density at radius 2 is 2.00 bits per heavy atom. The summed E-state index contributed by atoms with van der Waals surface area (Å²) in [6.07, 6.45) is 0. The second kappa shape index (κ2) is 5.65. The topological polar surface area (TPSA) is 103 Å². The summed E-state index contributed by atoms with van der Waals surface area (Å²) in [6.45, 7) is 3.24. The molecule has 0 radical (unpaired) electrons. The third-order valence-electron chi connectivity index (χ3n) is 3.03. The van der Waals surface area contributed by atoms with E-state index in [1.807, 2.05) is 0 Å². The normalized spacial score (nSPS) is 11.5. The van der Waals surface area contributed by atoms with Crippen LogP contribution in [0.4, 0.5) is 5.69 Å². The molecule has 0 N–H and O–H groups in total. The van der Waals surface area contributed by atoms with Crippen LogP contribution in [0.25, 0.3) is 0 Å². The van der Waals surface area contributed by atoms with Gasteiger partial charge in [-0.25, -0.2) is 8.42 Å². The van der Waals surface area contributed by atoms with Crippen LogP contribution in [-0.4, -0.2) is 18.5 Å². The lowest BCUT2D eigenvalue weighted by Gasteiger charge is -2.06. The molecule has 8 heteroatoms. The Kier molecular flexibility index (Phi) is 4.08. The molecule has 0 atom stereocenters. The van der Waals surface area contributed by atoms with Crippen LogP contribution in [0.3, 0.4) is 0 Å². The molecule has 0 amide bonds. The molecular formula is C13H14N2O5S. The maximum atomic E-state index is 12.2. The predicted octanol–water partition coefficient (Wildman–Crippen LogP) is 2.31. The number of hydrogen-bond donors (Lipinski definition) is 0. The van der Waals surface area contributed by atoms with E-state index in [9.17, 15) is 18.5 Å². The Morgan fingerprint density at radius 1 is 1.29 bits per heavy atom. The second-order valence-corrected chi connectivity index (χ2v) is 6.85. The molecule has 1 heterocycles. The molecule has 0 unspecified atom stereocenters. The van der Waals surface area contributed by atoms with Crippen molar-refractivity contribution in [2.75, 3.05) is 0 Å². The summed E-state index contributed by atoms with van der Waals surface area (Å²) in [6, 6.07) is 5.96. The van der Waals surface area contributed by atoms with Crippen molar-refractivity contribution in [3.63, 3.8) is 0 Å². The number of nitrogens with zero attached hydrogens (tertiary/aromatic N) is 2. The van der Waals surface area contributed by atoms with Crippen molar-refractivity contribution in [3.05, 3.63) is 57.0 Å². The summed E-state index contributed by atoms with van der Waals surface area (Å²) in [5.41, 5.74) is 1.30. The van der Waals surface area contributed by atoms with Crippen molar-refractivity contribution in [3.8, 4) is 0 Å². The number of rotatable bonds is 5. The highest BCUT2D eigenvalue weighted by Crippen LogP contribution is 2.23. The molecule has 0 saturated heterocycles. The van der Waals surface area contributed by atoms with Gasteiger partial charge in [0, 0.05) is 17.7 Å². The summed E-state index contributed by atoms with van der Waals surface area (Å²) in [7, 11) is -3.50. The first-order valence-electron chi connectivity index (χ1n) is 6.14. The zero-order chi connectivity index (χ0) is 15.6. The molecule has 21 heavy (non-hydrogen) atoms. The number of hydrogen-bond acceptors (Lipinski definition) is 6. The van der Waals surface area contributed by atoms with E-state index in [-0.39, 0.29) is 23.0 Å². The average Bonchev–Trinajstić information content (AvgIpc) is 2.76. The van der Waals surface area contributed by atoms with Crippen molar-refractivity contribution in [2.45, 2.75) is 25.4 Å². The van der Waals surface area contributed by atoms with Crippen molar-refractivity contribution in [1.82, 2.24) is 5.16 Å². The van der Waals surface area contributed by atoms with Crippen molar-refractivity contribution in [2.24, 2.45) is 0 Å². The molecule has 0 spiro atoms. The number of sulfone groups is 1. The van der Waals surface area contributed by atoms with Crippen molar-refractivity contribution < 1.29 is 17.9 Å². The maximum absolute atomic E-state index is 12.2. The Labute approximate surface area is 121 Å². The molecule has 0 aliphatic rings. The Balaban J connectivity index is 2.25. The number of benzene rings is 1. The highest BCUT2D eigenvalue weighted by Gasteiger charge is 2.20. The minimum Gasteiger partial charge on any atom is -0.360 e. The minimum absolute atomic E-state index is 0.0850. The van der Waals surface area contributed by atoms with Gasteiger partial charge in [-0.1, -0.05) is 17.3 Å². The van der Waals surface area contributed by atoms with Crippen LogP contribution >= 0.6 is 0 Å². The molecule has 2 rings (SSSR count). The van der Waals surface area contributed by atoms with Gasteiger partial charge in [-0.2, -0.15) is 0 Å². The van der Waals surface area contributed by atoms with E-state index in [0.29, 0.717) is 16.8 Å². The van der Waals surface area contributed by atoms with Crippen LogP contribution in [0.5, 0.6) is 0 Å². The van der Waals surface area contributed by atoms with E-state index in [2.05, 4.69) is 5.16 Å². The van der Waals surface area contributed by atoms with Gasteiger partial charge in [0.15, 0.2) is 15.6 Å². The third kappa shape index (κ3) is 3.66. The van der Waals surface area contributed by atoms with E-state index < -0.39 is 14.8 Å². The zero-order valence-corrected chi connectivity index (χ0v) is 12.4. The fourth-order valence-electron chi connectivity index (χ4n) is 2.01. The van der Waals surface area contributed by atoms with E-state index >= 15 is 0 Å². The summed E-state index contributed by atoms with van der Waals surface area (Å²) >= 11 is 0. The molecule has 0 fully saturated rings. The SMILES string of the molecule is Cc1cc(CS(=O)(=O)Cc2cccc([N+](=O)[O-])c2C)on1. The number of aromatic nitrogens is 1. The van der Waals surface area contributed by atoms with Gasteiger partial charge in [-0.15, -0.1) is 0 Å². The molecule has 0 saturated carbocycles. The monoisotopic (exact) mass is 310 g/mol. The summed E-state index contributed by atoms with van der Waals surface area (Å²) in [4.78, 5) is 10.3. The molecule has 2 aromatic rings. The van der Waals surface area contributed by atoms with E-state index in [1.54, 1.807) is 26.0 Å². The lowest BCUT2D eigenvalue weighted by Crippen LogP contribution is -2.09. The number of aryl methyl sites for hydroxylation is 1. The lowest BCUT2D eigenvalue weighted by atomic mass is 10.1. The van der Waals surface area contributed by atoms with Crippen molar-refractivity contribution in [1.29, 1.82) is 0 Å². The van der Waals surface area contributed by atoms with Gasteiger partial charge >= 0.3 is 0 Å². The Hall–Kier alpha value is -2.22. The fourth-order valence-corrected chi connectivity index (χ4v) is 3.47. The Bertz CT molecular complexity index is 780. The smallest absolute Gasteiger partial charge is 0.272 e. The van der Waals surface area contributed by atoms with E-state index in [1.165, 1.54) is 12.1 Å². The number of nitro groups is 1. The second-order valence-electron chi connectivity index (χ2n) is 4.79. The molecule has 0 bridgehead atoms. The third-order valence-corrected chi connectivity index (χ3v) is 4.50. The number of nitro benzene ring substituents is 1. The summed E-state index contributed by atoms with van der Waals surface area (Å²) in [5.74, 6) is -0.299. The molecule has 7 nitrogen and oxygen atoms in total. The molecular weight excluding hydrogens is 296 g/mol. The summed E-state index contributed by atoms with van der Waals surface area (Å²) < 4.78 is 29.2. The maximum Gasteiger partial charge on any atom is 0.272 e. The first-order valence-corrected chi connectivity index (χ1v) is 7.96. The molecule has 112 valence electrons. The van der Waals surface area contributed by atoms with Gasteiger partial charge in [0.1, 0.15) is 5.75 Å². The molecule has 0 aliphatic carbocycles. The van der Waals surface area contributed by atoms with Crippen LogP contribution in [0, 0.1) is 24.0 Å². The predicted molar refractivity (Wildman–Crippen MR) is 75.4 cm³/mol. The first-order chi connectivity index (χ1) is 9.78. The van der Waals surface area contributed by atoms with Crippen LogP contribution in [-0.2, 0) is 21.3 Å². The fraction of sp³-hybridized carbons (Fsp3) is 0.308. The van der Waals surface area contributed by atoms with Gasteiger partial charge in [-0.05, 0) is 19.4 Å². The molecule has 1 aromatic carbocycles. The van der Waals surface area contributed by atoms with Crippen LogP contribution in [0.2, 0.25) is 0 Å². The standard InChI is InChI=1S/C13H14N2O5S/c1-9-6-12(20-14-9)8-21(18,19)7-11-4-3-5-13(10(11)2)15(16)17/h3-6H,7-8H2,1-2H3. The van der Waals surface area contributed by atoms with Crippen LogP contribution < -0.4 is 0 Å². The van der Waals surface area contributed by atoms with Crippen molar-refractivity contribution >= 4 is 15.5 Å². The van der Waals surface area contributed by atoms with Gasteiger partial charge in [0.05, 0.1) is 16.4 Å². The van der Waals surface area contributed by atoms with Gasteiger partial charge < -0.3 is 4.52 Å². The quantitative estimate of drug-likeness (QED) is 0.620. The Morgan fingerprint density at radius 3 is 2.57 bits per heavy atom. The van der Waals surface area contributed by atoms with Gasteiger partial charge in [0.25, 0.3) is 5.69 Å². The van der Waals surface area contributed by atoms with Crippen LogP contribution in [0.1, 0.15) is 22.6 Å². The molecule has 1 aromatic heterocycles. The van der Waals surface area contributed by atoms with Crippen LogP contribution in [0.15, 0.2) is 28.8 Å². The highest BCUT2D eigenvalue weighted by atomic mass is 32.2. The van der Waals surface area contributed by atoms with Gasteiger partial charge in [0.2, 0.25) is 0 Å². The lowest BCUT2D eigenvalue weighted by molar-refractivity contribution is -0.385. The zero-order valence-electron chi connectivity index (χ0n) is 11.6. The highest BCUT2D eigenvalue weighted by molar-refractivity contribution is 7.89. The largest absolute Gasteiger partial charge is 0.360 e. The summed E-state index contributed by atoms with van der Waals surface area (Å²) in [5, 5.41) is 14.5. The average molecular weight is 310 g/mol. The minimum atomic E-state index is -3.50. The first kappa shape index (κ1) is 15.2. The van der Waals surface area contributed by atoms with E-state index in [4.69, 9.17) is 4.52 Å². The molecule has 0 aliphatic heterocycles. The van der Waals surface area contributed by atoms with E-state index in [0.717, 1.165) is 0 Å².